The fraction of sp³-hybridized carbons (Fsp3) is 0.259. The van der Waals surface area contributed by atoms with Crippen molar-refractivity contribution in [3.8, 4) is 16.9 Å². The Labute approximate surface area is 200 Å². The van der Waals surface area contributed by atoms with Crippen molar-refractivity contribution in [1.29, 1.82) is 0 Å². The first-order valence-corrected chi connectivity index (χ1v) is 12.2. The molecule has 5 nitrogen and oxygen atoms in total. The van der Waals surface area contributed by atoms with Crippen molar-refractivity contribution in [3.05, 3.63) is 83.9 Å². The fourth-order valence-corrected chi connectivity index (χ4v) is 4.07. The molecule has 33 heavy (non-hydrogen) atoms. The molecule has 172 valence electrons. The number of nitrogens with one attached hydrogen (secondary N) is 1. The molecule has 0 fully saturated rings. The summed E-state index contributed by atoms with van der Waals surface area (Å²) >= 11 is 1.67. The lowest BCUT2D eigenvalue weighted by Crippen LogP contribution is -2.51. The maximum atomic E-state index is 13.0. The lowest BCUT2D eigenvalue weighted by Gasteiger charge is -2.27. The molecule has 0 radical (unpaired) electrons. The van der Waals surface area contributed by atoms with E-state index in [0.29, 0.717) is 11.3 Å². The van der Waals surface area contributed by atoms with Crippen LogP contribution in [0.25, 0.3) is 11.1 Å². The SMILES string of the molecule is CCc1ccc(OCC(=O)N(NC(=O)c2ccccc2)C(C)C)c(-c2ccccc2SC)c1. The highest BCUT2D eigenvalue weighted by molar-refractivity contribution is 7.98. The Morgan fingerprint density at radius 3 is 2.33 bits per heavy atom. The van der Waals surface area contributed by atoms with Crippen molar-refractivity contribution < 1.29 is 14.3 Å². The summed E-state index contributed by atoms with van der Waals surface area (Å²) in [5, 5.41) is 1.32. The summed E-state index contributed by atoms with van der Waals surface area (Å²) in [5.74, 6) is -0.0161. The molecule has 0 unspecified atom stereocenters. The molecule has 0 aromatic heterocycles. The summed E-state index contributed by atoms with van der Waals surface area (Å²) in [5.41, 5.74) is 6.42. The summed E-state index contributed by atoms with van der Waals surface area (Å²) in [6.07, 6.45) is 2.95. The van der Waals surface area contributed by atoms with Crippen molar-refractivity contribution in [2.45, 2.75) is 38.1 Å². The average Bonchev–Trinajstić information content (AvgIpc) is 2.85. The van der Waals surface area contributed by atoms with E-state index in [1.807, 2.05) is 50.4 Å². The standard InChI is InChI=1S/C27H30N2O3S/c1-5-20-15-16-24(23(17-20)22-13-9-10-14-25(22)33-4)32-18-26(30)29(19(2)3)28-27(31)21-11-7-6-8-12-21/h6-17,19H,5,18H2,1-4H3,(H,28,31). The van der Waals surface area contributed by atoms with Crippen LogP contribution >= 0.6 is 11.8 Å². The van der Waals surface area contributed by atoms with Crippen LogP contribution in [0.5, 0.6) is 5.75 Å². The number of rotatable bonds is 8. The molecule has 2 amide bonds. The summed E-state index contributed by atoms with van der Waals surface area (Å²) in [7, 11) is 0. The van der Waals surface area contributed by atoms with E-state index in [0.717, 1.165) is 22.4 Å². The first-order valence-electron chi connectivity index (χ1n) is 11.0. The van der Waals surface area contributed by atoms with E-state index < -0.39 is 0 Å². The van der Waals surface area contributed by atoms with Gasteiger partial charge in [-0.3, -0.25) is 15.0 Å². The van der Waals surface area contributed by atoms with Crippen LogP contribution < -0.4 is 10.2 Å². The number of hydrazine groups is 1. The van der Waals surface area contributed by atoms with Gasteiger partial charge in [-0.25, -0.2) is 5.01 Å². The van der Waals surface area contributed by atoms with Crippen LogP contribution in [0.15, 0.2) is 77.7 Å². The molecule has 3 aromatic rings. The van der Waals surface area contributed by atoms with Crippen LogP contribution in [-0.4, -0.2) is 35.7 Å². The number of ether oxygens (including phenoxy) is 1. The first-order chi connectivity index (χ1) is 15.9. The van der Waals surface area contributed by atoms with Crippen molar-refractivity contribution in [3.63, 3.8) is 0 Å². The van der Waals surface area contributed by atoms with Crippen LogP contribution in [0.2, 0.25) is 0 Å². The smallest absolute Gasteiger partial charge is 0.279 e. The number of amides is 2. The zero-order valence-electron chi connectivity index (χ0n) is 19.5. The van der Waals surface area contributed by atoms with Crippen molar-refractivity contribution >= 4 is 23.6 Å². The van der Waals surface area contributed by atoms with E-state index in [-0.39, 0.29) is 24.5 Å². The summed E-state index contributed by atoms with van der Waals surface area (Å²) < 4.78 is 6.02. The topological polar surface area (TPSA) is 58.6 Å². The Kier molecular flexibility index (Phi) is 8.55. The Bertz CT molecular complexity index is 1100. The van der Waals surface area contributed by atoms with Gasteiger partial charge in [-0.2, -0.15) is 0 Å². The monoisotopic (exact) mass is 462 g/mol. The predicted octanol–water partition coefficient (Wildman–Crippen LogP) is 5.60. The van der Waals surface area contributed by atoms with Crippen molar-refractivity contribution in [2.75, 3.05) is 12.9 Å². The minimum atomic E-state index is -0.334. The number of aryl methyl sites for hydroxylation is 1. The third kappa shape index (κ3) is 6.17. The normalized spacial score (nSPS) is 10.7. The highest BCUT2D eigenvalue weighted by atomic mass is 32.2. The van der Waals surface area contributed by atoms with Gasteiger partial charge in [0.05, 0.1) is 0 Å². The summed E-state index contributed by atoms with van der Waals surface area (Å²) in [6, 6.07) is 22.8. The van der Waals surface area contributed by atoms with Gasteiger partial charge in [-0.15, -0.1) is 11.8 Å². The van der Waals surface area contributed by atoms with Crippen LogP contribution in [0, 0.1) is 0 Å². The van der Waals surface area contributed by atoms with E-state index in [9.17, 15) is 9.59 Å². The van der Waals surface area contributed by atoms with Gasteiger partial charge < -0.3 is 4.74 Å². The molecule has 3 rings (SSSR count). The Hall–Kier alpha value is -3.25. The average molecular weight is 463 g/mol. The second-order valence-electron chi connectivity index (χ2n) is 7.84. The molecule has 0 atom stereocenters. The van der Waals surface area contributed by atoms with Crippen LogP contribution in [-0.2, 0) is 11.2 Å². The van der Waals surface area contributed by atoms with Crippen LogP contribution in [0.4, 0.5) is 0 Å². The Balaban J connectivity index is 1.80. The number of carbonyl (C=O) groups excluding carboxylic acids is 2. The second-order valence-corrected chi connectivity index (χ2v) is 8.69. The zero-order valence-corrected chi connectivity index (χ0v) is 20.3. The van der Waals surface area contributed by atoms with E-state index >= 15 is 0 Å². The molecule has 6 heteroatoms. The number of benzene rings is 3. The number of hydrogen-bond donors (Lipinski definition) is 1. The lowest BCUT2D eigenvalue weighted by molar-refractivity contribution is -0.137. The molecule has 0 aliphatic carbocycles. The molecule has 0 saturated carbocycles. The summed E-state index contributed by atoms with van der Waals surface area (Å²) in [6.45, 7) is 5.62. The third-order valence-electron chi connectivity index (χ3n) is 5.24. The Morgan fingerprint density at radius 1 is 0.970 bits per heavy atom. The van der Waals surface area contributed by atoms with Gasteiger partial charge >= 0.3 is 0 Å². The predicted molar refractivity (Wildman–Crippen MR) is 134 cm³/mol. The minimum Gasteiger partial charge on any atom is -0.483 e. The van der Waals surface area contributed by atoms with Gasteiger partial charge in [0.25, 0.3) is 11.8 Å². The molecule has 0 aliphatic rings. The van der Waals surface area contributed by atoms with Gasteiger partial charge in [0.1, 0.15) is 5.75 Å². The Morgan fingerprint density at radius 2 is 1.67 bits per heavy atom. The largest absolute Gasteiger partial charge is 0.483 e. The second kappa shape index (κ2) is 11.6. The van der Waals surface area contributed by atoms with Crippen LogP contribution in [0.1, 0.15) is 36.7 Å². The molecule has 0 saturated heterocycles. The molecular formula is C27H30N2O3S. The molecule has 0 spiro atoms. The van der Waals surface area contributed by atoms with E-state index in [1.165, 1.54) is 10.6 Å². The highest BCUT2D eigenvalue weighted by Crippen LogP contribution is 2.37. The van der Waals surface area contributed by atoms with Gasteiger partial charge in [0.2, 0.25) is 0 Å². The fourth-order valence-electron chi connectivity index (χ4n) is 3.45. The number of nitrogens with zero attached hydrogens (tertiary/aromatic N) is 1. The van der Waals surface area contributed by atoms with E-state index in [1.54, 1.807) is 36.0 Å². The van der Waals surface area contributed by atoms with E-state index in [4.69, 9.17) is 4.74 Å². The summed E-state index contributed by atoms with van der Waals surface area (Å²) in [4.78, 5) is 26.7. The maximum absolute atomic E-state index is 13.0. The molecular weight excluding hydrogens is 432 g/mol. The number of hydrogen-bond acceptors (Lipinski definition) is 4. The van der Waals surface area contributed by atoms with Crippen molar-refractivity contribution in [2.24, 2.45) is 0 Å². The zero-order chi connectivity index (χ0) is 23.8. The number of thioether (sulfide) groups is 1. The van der Waals surface area contributed by atoms with Gasteiger partial charge in [0.15, 0.2) is 6.61 Å². The molecule has 3 aromatic carbocycles. The van der Waals surface area contributed by atoms with Crippen molar-refractivity contribution in [1.82, 2.24) is 10.4 Å². The van der Waals surface area contributed by atoms with Gasteiger partial charge in [0, 0.05) is 22.1 Å². The highest BCUT2D eigenvalue weighted by Gasteiger charge is 2.21. The van der Waals surface area contributed by atoms with Gasteiger partial charge in [-0.1, -0.05) is 49.4 Å². The molecule has 0 aliphatic heterocycles. The minimum absolute atomic E-state index is 0.187. The van der Waals surface area contributed by atoms with Gasteiger partial charge in [-0.05, 0) is 68.0 Å². The van der Waals surface area contributed by atoms with Crippen LogP contribution in [0.3, 0.4) is 0 Å². The number of carbonyl (C=O) groups is 2. The third-order valence-corrected chi connectivity index (χ3v) is 6.04. The first kappa shape index (κ1) is 24.4. The quantitative estimate of drug-likeness (QED) is 0.350. The molecule has 0 bridgehead atoms. The maximum Gasteiger partial charge on any atom is 0.279 e. The molecule has 0 heterocycles. The molecule has 1 N–H and O–H groups in total. The van der Waals surface area contributed by atoms with E-state index in [2.05, 4.69) is 30.5 Å². The lowest BCUT2D eigenvalue weighted by atomic mass is 10.0.